The fourth-order valence-electron chi connectivity index (χ4n) is 4.01. The second kappa shape index (κ2) is 10.8. The van der Waals surface area contributed by atoms with Gasteiger partial charge in [-0.3, -0.25) is 4.90 Å². The largest absolute Gasteiger partial charge is 0.494 e. The average molecular weight is 479 g/mol. The molecule has 34 heavy (non-hydrogen) atoms. The quantitative estimate of drug-likeness (QED) is 0.371. The van der Waals surface area contributed by atoms with Crippen LogP contribution in [-0.4, -0.2) is 40.5 Å². The number of thioether (sulfide) groups is 1. The van der Waals surface area contributed by atoms with Gasteiger partial charge in [0.2, 0.25) is 5.82 Å². The molecule has 1 aliphatic heterocycles. The minimum Gasteiger partial charge on any atom is -0.494 e. The van der Waals surface area contributed by atoms with E-state index in [2.05, 4.69) is 29.5 Å². The third kappa shape index (κ3) is 4.97. The molecule has 0 saturated carbocycles. The third-order valence-electron chi connectivity index (χ3n) is 5.86. The Morgan fingerprint density at radius 2 is 1.85 bits per heavy atom. The van der Waals surface area contributed by atoms with Crippen molar-refractivity contribution in [2.75, 3.05) is 19.4 Å². The van der Waals surface area contributed by atoms with Crippen molar-refractivity contribution in [3.05, 3.63) is 65.7 Å². The third-order valence-corrected chi connectivity index (χ3v) is 6.60. The van der Waals surface area contributed by atoms with E-state index in [-0.39, 0.29) is 12.1 Å². The summed E-state index contributed by atoms with van der Waals surface area (Å²) in [5.41, 5.74) is 3.45. The number of unbranched alkanes of at least 4 members (excludes halogenated alkanes) is 1. The highest BCUT2D eigenvalue weighted by Gasteiger charge is 2.35. The molecule has 178 valence electrons. The van der Waals surface area contributed by atoms with E-state index >= 15 is 0 Å². The monoisotopic (exact) mass is 478 g/mol. The summed E-state index contributed by atoms with van der Waals surface area (Å²) >= 11 is 1.68. The first kappa shape index (κ1) is 23.9. The number of allylic oxidation sites excluding steroid dienone is 1. The number of ether oxygens (including phenoxy) is 1. The number of hydrogen-bond acceptors (Lipinski definition) is 6. The van der Waals surface area contributed by atoms with Crippen LogP contribution in [0.15, 0.2) is 63.6 Å². The molecule has 7 nitrogen and oxygen atoms in total. The predicted molar refractivity (Wildman–Crippen MR) is 135 cm³/mol. The van der Waals surface area contributed by atoms with Crippen molar-refractivity contribution in [2.24, 2.45) is 0 Å². The van der Waals surface area contributed by atoms with Gasteiger partial charge in [0.25, 0.3) is 5.89 Å². The molecule has 1 atom stereocenters. The number of carbonyl (C=O) groups excluding carboxylic acids is 1. The SMILES string of the molecule is CCCCN1C(=O)NC(c2ccc(SC)cc2)C(c2nc(-c3ccc(OCC)cc3)no2)=C1C. The standard InChI is InChI=1S/C26H30N4O3S/c1-5-7-16-30-17(3)22(23(27-26(30)31)18-10-14-21(34-4)15-11-18)25-28-24(29-33-25)19-8-12-20(13-9-19)32-6-2/h8-15,23H,5-7,16H2,1-4H3,(H,27,31). The van der Waals surface area contributed by atoms with E-state index in [4.69, 9.17) is 14.2 Å². The van der Waals surface area contributed by atoms with Gasteiger partial charge in [0.15, 0.2) is 0 Å². The zero-order chi connectivity index (χ0) is 24.1. The van der Waals surface area contributed by atoms with Crippen molar-refractivity contribution in [2.45, 2.75) is 44.6 Å². The molecule has 0 bridgehead atoms. The van der Waals surface area contributed by atoms with E-state index < -0.39 is 0 Å². The second-order valence-electron chi connectivity index (χ2n) is 8.04. The minimum atomic E-state index is -0.380. The van der Waals surface area contributed by atoms with Crippen molar-refractivity contribution >= 4 is 23.4 Å². The molecular formula is C26H30N4O3S. The molecule has 1 unspecified atom stereocenters. The molecule has 0 spiro atoms. The summed E-state index contributed by atoms with van der Waals surface area (Å²) in [6, 6.07) is 15.3. The van der Waals surface area contributed by atoms with Crippen molar-refractivity contribution in [1.29, 1.82) is 0 Å². The van der Waals surface area contributed by atoms with Crippen LogP contribution in [0.25, 0.3) is 17.0 Å². The summed E-state index contributed by atoms with van der Waals surface area (Å²) in [7, 11) is 0. The molecular weight excluding hydrogens is 448 g/mol. The van der Waals surface area contributed by atoms with Crippen LogP contribution >= 0.6 is 11.8 Å². The summed E-state index contributed by atoms with van der Waals surface area (Å²) in [4.78, 5) is 20.7. The first-order chi connectivity index (χ1) is 16.5. The molecule has 0 fully saturated rings. The molecule has 2 heterocycles. The van der Waals surface area contributed by atoms with Gasteiger partial charge in [-0.25, -0.2) is 4.79 Å². The maximum atomic E-state index is 13.0. The number of amides is 2. The first-order valence-electron chi connectivity index (χ1n) is 11.6. The van der Waals surface area contributed by atoms with E-state index in [9.17, 15) is 4.79 Å². The highest BCUT2D eigenvalue weighted by molar-refractivity contribution is 7.98. The number of aromatic nitrogens is 2. The molecule has 0 saturated heterocycles. The Labute approximate surface area is 204 Å². The molecule has 8 heteroatoms. The van der Waals surface area contributed by atoms with Crippen LogP contribution in [0.4, 0.5) is 4.79 Å². The molecule has 0 aliphatic carbocycles. The Hall–Kier alpha value is -3.26. The fraction of sp³-hybridized carbons (Fsp3) is 0.346. The van der Waals surface area contributed by atoms with Crippen LogP contribution in [-0.2, 0) is 0 Å². The highest BCUT2D eigenvalue weighted by atomic mass is 32.2. The Morgan fingerprint density at radius 3 is 2.50 bits per heavy atom. The van der Waals surface area contributed by atoms with Crippen LogP contribution in [0.1, 0.15) is 51.1 Å². The van der Waals surface area contributed by atoms with Crippen LogP contribution in [0.3, 0.4) is 0 Å². The van der Waals surface area contributed by atoms with E-state index in [1.165, 1.54) is 0 Å². The van der Waals surface area contributed by atoms with Crippen molar-refractivity contribution in [3.63, 3.8) is 0 Å². The number of benzene rings is 2. The number of rotatable bonds is 9. The lowest BCUT2D eigenvalue weighted by atomic mass is 9.94. The topological polar surface area (TPSA) is 80.5 Å². The van der Waals surface area contributed by atoms with Gasteiger partial charge in [-0.1, -0.05) is 30.6 Å². The molecule has 1 aliphatic rings. The molecule has 1 aromatic heterocycles. The number of nitrogens with one attached hydrogen (secondary N) is 1. The van der Waals surface area contributed by atoms with Gasteiger partial charge < -0.3 is 14.6 Å². The second-order valence-corrected chi connectivity index (χ2v) is 8.92. The van der Waals surface area contributed by atoms with Gasteiger partial charge in [0.1, 0.15) is 5.75 Å². The fourth-order valence-corrected chi connectivity index (χ4v) is 4.42. The maximum absolute atomic E-state index is 13.0. The molecule has 2 amide bonds. The average Bonchev–Trinajstić information content (AvgIpc) is 3.34. The van der Waals surface area contributed by atoms with Gasteiger partial charge in [0.05, 0.1) is 18.2 Å². The zero-order valence-electron chi connectivity index (χ0n) is 20.0. The van der Waals surface area contributed by atoms with Crippen LogP contribution < -0.4 is 10.1 Å². The van der Waals surface area contributed by atoms with Gasteiger partial charge in [-0.2, -0.15) is 4.98 Å². The smallest absolute Gasteiger partial charge is 0.322 e. The summed E-state index contributed by atoms with van der Waals surface area (Å²) in [5.74, 6) is 1.69. The van der Waals surface area contributed by atoms with Crippen LogP contribution in [0.5, 0.6) is 5.75 Å². The molecule has 2 aromatic carbocycles. The normalized spacial score (nSPS) is 16.1. The highest BCUT2D eigenvalue weighted by Crippen LogP contribution is 2.38. The van der Waals surface area contributed by atoms with Crippen LogP contribution in [0, 0.1) is 0 Å². The predicted octanol–water partition coefficient (Wildman–Crippen LogP) is 6.15. The van der Waals surface area contributed by atoms with Crippen molar-refractivity contribution in [3.8, 4) is 17.1 Å². The minimum absolute atomic E-state index is 0.111. The number of carbonyl (C=O) groups is 1. The number of urea groups is 1. The lowest BCUT2D eigenvalue weighted by Gasteiger charge is -2.35. The Morgan fingerprint density at radius 1 is 1.12 bits per heavy atom. The van der Waals surface area contributed by atoms with Crippen molar-refractivity contribution < 1.29 is 14.1 Å². The Balaban J connectivity index is 1.73. The molecule has 4 rings (SSSR count). The van der Waals surface area contributed by atoms with E-state index in [0.29, 0.717) is 24.9 Å². The van der Waals surface area contributed by atoms with Crippen molar-refractivity contribution in [1.82, 2.24) is 20.4 Å². The lowest BCUT2D eigenvalue weighted by molar-refractivity contribution is 0.204. The summed E-state index contributed by atoms with van der Waals surface area (Å²) < 4.78 is 11.3. The summed E-state index contributed by atoms with van der Waals surface area (Å²) in [6.45, 7) is 7.26. The van der Waals surface area contributed by atoms with Gasteiger partial charge in [0, 0.05) is 22.7 Å². The molecule has 0 radical (unpaired) electrons. The van der Waals surface area contributed by atoms with Crippen LogP contribution in [0.2, 0.25) is 0 Å². The van der Waals surface area contributed by atoms with Gasteiger partial charge in [-0.05, 0) is 68.5 Å². The van der Waals surface area contributed by atoms with Gasteiger partial charge >= 0.3 is 6.03 Å². The molecule has 1 N–H and O–H groups in total. The first-order valence-corrected chi connectivity index (χ1v) is 12.8. The Kier molecular flexibility index (Phi) is 7.57. The number of nitrogens with zero attached hydrogens (tertiary/aromatic N) is 3. The summed E-state index contributed by atoms with van der Waals surface area (Å²) in [5, 5.41) is 7.39. The maximum Gasteiger partial charge on any atom is 0.322 e. The lowest BCUT2D eigenvalue weighted by Crippen LogP contribution is -2.46. The zero-order valence-corrected chi connectivity index (χ0v) is 20.8. The van der Waals surface area contributed by atoms with Gasteiger partial charge in [-0.15, -0.1) is 11.8 Å². The summed E-state index contributed by atoms with van der Waals surface area (Å²) in [6.07, 6.45) is 3.94. The molecule has 3 aromatic rings. The van der Waals surface area contributed by atoms with E-state index in [0.717, 1.165) is 45.9 Å². The Bertz CT molecular complexity index is 1160. The van der Waals surface area contributed by atoms with E-state index in [1.807, 2.05) is 56.5 Å². The van der Waals surface area contributed by atoms with E-state index in [1.54, 1.807) is 16.7 Å². The number of hydrogen-bond donors (Lipinski definition) is 1.